The third-order valence-electron chi connectivity index (χ3n) is 3.13. The number of Topliss-reactive ketones (excluding diaryl/α,β-unsaturated/α-hetero) is 1. The lowest BCUT2D eigenvalue weighted by Gasteiger charge is -1.99. The van der Waals surface area contributed by atoms with Crippen LogP contribution in [0, 0.1) is 0 Å². The number of unbranched alkanes of at least 4 members (excludes halogenated alkanes) is 2. The Morgan fingerprint density at radius 2 is 1.95 bits per heavy atom. The molecule has 20 heavy (non-hydrogen) atoms. The average Bonchev–Trinajstić information content (AvgIpc) is 2.93. The quantitative estimate of drug-likeness (QED) is 0.757. The second kappa shape index (κ2) is 7.92. The van der Waals surface area contributed by atoms with Crippen LogP contribution in [0.15, 0.2) is 35.7 Å². The van der Waals surface area contributed by atoms with Crippen LogP contribution in [0.5, 0.6) is 0 Å². The van der Waals surface area contributed by atoms with Crippen LogP contribution in [0.4, 0.5) is 0 Å². The van der Waals surface area contributed by atoms with Gasteiger partial charge in [-0.15, -0.1) is 11.3 Å². The minimum absolute atomic E-state index is 0.274. The highest BCUT2D eigenvalue weighted by atomic mass is 32.1. The van der Waals surface area contributed by atoms with Crippen LogP contribution in [0.2, 0.25) is 0 Å². The van der Waals surface area contributed by atoms with Crippen molar-refractivity contribution < 1.29 is 4.79 Å². The smallest absolute Gasteiger partial charge is 0.139 e. The summed E-state index contributed by atoms with van der Waals surface area (Å²) in [5.74, 6) is 0.274. The molecule has 0 fully saturated rings. The van der Waals surface area contributed by atoms with Crippen LogP contribution < -0.4 is 5.73 Å². The highest BCUT2D eigenvalue weighted by Gasteiger charge is 2.08. The van der Waals surface area contributed by atoms with E-state index >= 15 is 0 Å². The molecular weight excluding hydrogens is 268 g/mol. The van der Waals surface area contributed by atoms with Crippen molar-refractivity contribution in [2.75, 3.05) is 6.54 Å². The largest absolute Gasteiger partial charge is 0.330 e. The lowest BCUT2D eigenvalue weighted by Crippen LogP contribution is -2.03. The van der Waals surface area contributed by atoms with E-state index in [9.17, 15) is 4.79 Å². The van der Waals surface area contributed by atoms with Gasteiger partial charge in [0, 0.05) is 17.4 Å². The lowest BCUT2D eigenvalue weighted by molar-refractivity contribution is -0.118. The van der Waals surface area contributed by atoms with Crippen LogP contribution in [0.3, 0.4) is 0 Å². The summed E-state index contributed by atoms with van der Waals surface area (Å²) < 4.78 is 0. The lowest BCUT2D eigenvalue weighted by atomic mass is 10.1. The van der Waals surface area contributed by atoms with Crippen molar-refractivity contribution in [2.24, 2.45) is 5.73 Å². The first-order chi connectivity index (χ1) is 9.79. The molecule has 2 aromatic rings. The van der Waals surface area contributed by atoms with Crippen molar-refractivity contribution >= 4 is 17.1 Å². The topological polar surface area (TPSA) is 56.0 Å². The number of aromatic nitrogens is 1. The maximum Gasteiger partial charge on any atom is 0.139 e. The minimum atomic E-state index is 0.274. The van der Waals surface area contributed by atoms with E-state index in [0.717, 1.165) is 35.5 Å². The third kappa shape index (κ3) is 4.54. The normalized spacial score (nSPS) is 10.7. The van der Waals surface area contributed by atoms with Crippen molar-refractivity contribution in [1.82, 2.24) is 4.98 Å². The van der Waals surface area contributed by atoms with E-state index in [1.807, 2.05) is 35.7 Å². The zero-order valence-electron chi connectivity index (χ0n) is 11.5. The number of rotatable bonds is 8. The second-order valence-corrected chi connectivity index (χ2v) is 5.75. The molecule has 0 aliphatic rings. The first-order valence-electron chi connectivity index (χ1n) is 7.01. The van der Waals surface area contributed by atoms with E-state index in [2.05, 4.69) is 4.98 Å². The summed E-state index contributed by atoms with van der Waals surface area (Å²) in [6, 6.07) is 10.1. The highest BCUT2D eigenvalue weighted by Crippen LogP contribution is 2.22. The molecule has 106 valence electrons. The number of thiazole rings is 1. The van der Waals surface area contributed by atoms with E-state index in [1.54, 1.807) is 11.3 Å². The number of hydrogen-bond donors (Lipinski definition) is 1. The van der Waals surface area contributed by atoms with Gasteiger partial charge in [-0.05, 0) is 19.4 Å². The van der Waals surface area contributed by atoms with Gasteiger partial charge in [0.15, 0.2) is 0 Å². The molecule has 0 saturated carbocycles. The van der Waals surface area contributed by atoms with Crippen LogP contribution in [0.1, 0.15) is 30.7 Å². The van der Waals surface area contributed by atoms with Crippen molar-refractivity contribution in [1.29, 1.82) is 0 Å². The number of carbonyl (C=O) groups excluding carboxylic acids is 1. The molecule has 0 amide bonds. The predicted molar refractivity (Wildman–Crippen MR) is 83.8 cm³/mol. The van der Waals surface area contributed by atoms with Crippen LogP contribution in [0.25, 0.3) is 11.3 Å². The van der Waals surface area contributed by atoms with Crippen molar-refractivity contribution in [3.63, 3.8) is 0 Å². The summed E-state index contributed by atoms with van der Waals surface area (Å²) in [5, 5.41) is 2.93. The molecule has 4 heteroatoms. The standard InChI is InChI=1S/C16H20N2OS/c17-10-6-2-5-9-14(19)11-16-18-15(12-20-16)13-7-3-1-4-8-13/h1,3-4,7-8,12H,2,5-6,9-11,17H2. The summed E-state index contributed by atoms with van der Waals surface area (Å²) in [6.07, 6.45) is 4.07. The minimum Gasteiger partial charge on any atom is -0.330 e. The molecule has 2 rings (SSSR count). The van der Waals surface area contributed by atoms with Gasteiger partial charge in [-0.25, -0.2) is 4.98 Å². The van der Waals surface area contributed by atoms with Gasteiger partial charge in [0.2, 0.25) is 0 Å². The molecule has 2 N–H and O–H groups in total. The zero-order chi connectivity index (χ0) is 14.2. The molecule has 1 aromatic carbocycles. The second-order valence-electron chi connectivity index (χ2n) is 4.81. The molecule has 0 aliphatic heterocycles. The average molecular weight is 288 g/mol. The summed E-state index contributed by atoms with van der Waals surface area (Å²) in [7, 11) is 0. The predicted octanol–water partition coefficient (Wildman–Crippen LogP) is 3.44. The van der Waals surface area contributed by atoms with Gasteiger partial charge in [0.1, 0.15) is 10.8 Å². The summed E-state index contributed by atoms with van der Waals surface area (Å²) in [4.78, 5) is 16.4. The molecule has 0 saturated heterocycles. The first-order valence-corrected chi connectivity index (χ1v) is 7.89. The maximum absolute atomic E-state index is 11.9. The number of benzene rings is 1. The van der Waals surface area contributed by atoms with E-state index in [0.29, 0.717) is 19.4 Å². The van der Waals surface area contributed by atoms with Gasteiger partial charge in [-0.2, -0.15) is 0 Å². The highest BCUT2D eigenvalue weighted by molar-refractivity contribution is 7.10. The van der Waals surface area contributed by atoms with Crippen LogP contribution in [-0.4, -0.2) is 17.3 Å². The Morgan fingerprint density at radius 1 is 1.15 bits per heavy atom. The Hall–Kier alpha value is -1.52. The van der Waals surface area contributed by atoms with Crippen LogP contribution >= 0.6 is 11.3 Å². The Morgan fingerprint density at radius 3 is 2.70 bits per heavy atom. The van der Waals surface area contributed by atoms with E-state index in [1.165, 1.54) is 0 Å². The molecule has 1 aromatic heterocycles. The summed E-state index contributed by atoms with van der Waals surface area (Å²) in [6.45, 7) is 0.709. The fraction of sp³-hybridized carbons (Fsp3) is 0.375. The molecule has 0 atom stereocenters. The zero-order valence-corrected chi connectivity index (χ0v) is 12.4. The number of nitrogens with two attached hydrogens (primary N) is 1. The van der Waals surface area contributed by atoms with Gasteiger partial charge in [0.05, 0.1) is 12.1 Å². The first kappa shape index (κ1) is 14.9. The number of nitrogens with zero attached hydrogens (tertiary/aromatic N) is 1. The Kier molecular flexibility index (Phi) is 5.89. The van der Waals surface area contributed by atoms with Gasteiger partial charge in [-0.3, -0.25) is 4.79 Å². The monoisotopic (exact) mass is 288 g/mol. The van der Waals surface area contributed by atoms with Gasteiger partial charge < -0.3 is 5.73 Å². The maximum atomic E-state index is 11.9. The van der Waals surface area contributed by atoms with Crippen molar-refractivity contribution in [3.05, 3.63) is 40.7 Å². The molecule has 0 bridgehead atoms. The SMILES string of the molecule is NCCCCCC(=O)Cc1nc(-c2ccccc2)cs1. The van der Waals surface area contributed by atoms with E-state index in [-0.39, 0.29) is 5.78 Å². The molecule has 0 aliphatic carbocycles. The molecule has 0 radical (unpaired) electrons. The summed E-state index contributed by atoms with van der Waals surface area (Å²) >= 11 is 1.56. The third-order valence-corrected chi connectivity index (χ3v) is 3.98. The fourth-order valence-electron chi connectivity index (χ4n) is 2.03. The van der Waals surface area contributed by atoms with Gasteiger partial charge in [-0.1, -0.05) is 36.8 Å². The van der Waals surface area contributed by atoms with Gasteiger partial charge >= 0.3 is 0 Å². The Labute approximate surface area is 123 Å². The Balaban J connectivity index is 1.85. The van der Waals surface area contributed by atoms with Gasteiger partial charge in [0.25, 0.3) is 0 Å². The molecular formula is C16H20N2OS. The van der Waals surface area contributed by atoms with Crippen LogP contribution in [-0.2, 0) is 11.2 Å². The Bertz CT molecular complexity index is 536. The molecule has 0 spiro atoms. The van der Waals surface area contributed by atoms with Crippen molar-refractivity contribution in [3.8, 4) is 11.3 Å². The number of hydrogen-bond acceptors (Lipinski definition) is 4. The van der Waals surface area contributed by atoms with E-state index in [4.69, 9.17) is 5.73 Å². The molecule has 3 nitrogen and oxygen atoms in total. The van der Waals surface area contributed by atoms with E-state index < -0.39 is 0 Å². The number of carbonyl (C=O) groups is 1. The molecule has 0 unspecified atom stereocenters. The van der Waals surface area contributed by atoms with Crippen molar-refractivity contribution in [2.45, 2.75) is 32.1 Å². The number of ketones is 1. The molecule has 1 heterocycles. The summed E-state index contributed by atoms with van der Waals surface area (Å²) in [5.41, 5.74) is 7.50. The fourth-order valence-corrected chi connectivity index (χ4v) is 2.87.